The van der Waals surface area contributed by atoms with Crippen molar-refractivity contribution in [2.24, 2.45) is 0 Å². The summed E-state index contributed by atoms with van der Waals surface area (Å²) < 4.78 is 5.92. The lowest BCUT2D eigenvalue weighted by Crippen LogP contribution is -2.61. The topological polar surface area (TPSA) is 61.9 Å². The van der Waals surface area contributed by atoms with E-state index in [0.717, 1.165) is 28.7 Å². The Morgan fingerprint density at radius 1 is 0.976 bits per heavy atom. The quantitative estimate of drug-likeness (QED) is 0.349. The van der Waals surface area contributed by atoms with E-state index in [-0.39, 0.29) is 23.9 Å². The maximum atomic E-state index is 14.0. The molecule has 6 nitrogen and oxygen atoms in total. The Morgan fingerprint density at radius 3 is 2.51 bits per heavy atom. The first-order chi connectivity index (χ1) is 19.8. The zero-order valence-corrected chi connectivity index (χ0v) is 24.9. The third-order valence-electron chi connectivity index (χ3n) is 7.85. The first-order valence-electron chi connectivity index (χ1n) is 14.0. The van der Waals surface area contributed by atoms with Crippen molar-refractivity contribution < 1.29 is 14.3 Å². The van der Waals surface area contributed by atoms with Crippen molar-refractivity contribution in [3.63, 3.8) is 0 Å². The van der Waals surface area contributed by atoms with E-state index in [1.807, 2.05) is 47.2 Å². The van der Waals surface area contributed by atoms with E-state index in [9.17, 15) is 9.59 Å². The molecule has 2 aliphatic rings. The number of benzene rings is 3. The molecule has 0 unspecified atom stereocenters. The molecule has 0 aliphatic carbocycles. The van der Waals surface area contributed by atoms with Crippen molar-refractivity contribution in [2.75, 3.05) is 33.3 Å². The number of carbonyl (C=O) groups is 2. The van der Waals surface area contributed by atoms with Crippen molar-refractivity contribution in [1.29, 1.82) is 0 Å². The van der Waals surface area contributed by atoms with E-state index in [0.29, 0.717) is 54.9 Å². The summed E-state index contributed by atoms with van der Waals surface area (Å²) in [5, 5.41) is 4.50. The number of hydrogen-bond donors (Lipinski definition) is 1. The minimum atomic E-state index is -0.218. The molecule has 0 spiro atoms. The predicted octanol–water partition coefficient (Wildman–Crippen LogP) is 5.66. The number of hydrogen-bond acceptors (Lipinski definition) is 4. The van der Waals surface area contributed by atoms with E-state index in [2.05, 4.69) is 35.6 Å². The highest BCUT2D eigenvalue weighted by Crippen LogP contribution is 2.35. The van der Waals surface area contributed by atoms with Gasteiger partial charge in [0.05, 0.1) is 17.7 Å². The standard InChI is InChI=1S/C33H35Cl2N3O3/c1-22(39)38-20-26-19-27(25-11-6-10-24(18-25)15-17-41-30-13-7-12-28(34)32(30)35)31(29(21-38)36-26)33(40)37(2)16-14-23-8-4-3-5-9-23/h3-13,18,26,29,36H,14-17,19-21H2,1-2H3/t26-,29-/m1/s1. The van der Waals surface area contributed by atoms with E-state index in [4.69, 9.17) is 27.9 Å². The molecule has 1 fully saturated rings. The number of ether oxygens (including phenoxy) is 1. The lowest BCUT2D eigenvalue weighted by molar-refractivity contribution is -0.132. The molecule has 2 bridgehead atoms. The zero-order valence-electron chi connectivity index (χ0n) is 23.4. The highest BCUT2D eigenvalue weighted by atomic mass is 35.5. The largest absolute Gasteiger partial charge is 0.492 e. The number of nitrogens with one attached hydrogen (secondary N) is 1. The molecule has 0 saturated carbocycles. The molecular formula is C33H35Cl2N3O3. The molecule has 2 heterocycles. The molecule has 3 aromatic carbocycles. The Kier molecular flexibility index (Phi) is 9.33. The van der Waals surface area contributed by atoms with Gasteiger partial charge >= 0.3 is 0 Å². The second-order valence-corrected chi connectivity index (χ2v) is 11.5. The number of halogens is 2. The SMILES string of the molecule is CC(=O)N1C[C@H]2CC(c3cccc(CCOc4cccc(Cl)c4Cl)c3)=C(C(=O)N(C)CCc3ccccc3)[C@@H](C1)N2. The van der Waals surface area contributed by atoms with Gasteiger partial charge in [0, 0.05) is 51.6 Å². The van der Waals surface area contributed by atoms with Crippen LogP contribution in [-0.4, -0.2) is 67.0 Å². The summed E-state index contributed by atoms with van der Waals surface area (Å²) >= 11 is 12.4. The number of piperazine rings is 1. The summed E-state index contributed by atoms with van der Waals surface area (Å²) in [5.74, 6) is 0.600. The van der Waals surface area contributed by atoms with Crippen LogP contribution in [0.4, 0.5) is 0 Å². The van der Waals surface area contributed by atoms with Gasteiger partial charge in [-0.25, -0.2) is 0 Å². The molecule has 214 valence electrons. The zero-order chi connectivity index (χ0) is 28.9. The summed E-state index contributed by atoms with van der Waals surface area (Å²) in [4.78, 5) is 30.0. The Hall–Kier alpha value is -3.32. The molecule has 0 aromatic heterocycles. The van der Waals surface area contributed by atoms with Crippen LogP contribution in [0.5, 0.6) is 5.75 Å². The van der Waals surface area contributed by atoms with Crippen molar-refractivity contribution in [1.82, 2.24) is 15.1 Å². The molecule has 2 aliphatic heterocycles. The molecule has 1 N–H and O–H groups in total. The van der Waals surface area contributed by atoms with Gasteiger partial charge in [-0.15, -0.1) is 0 Å². The van der Waals surface area contributed by atoms with E-state index >= 15 is 0 Å². The number of nitrogens with zero attached hydrogens (tertiary/aromatic N) is 2. The van der Waals surface area contributed by atoms with Crippen molar-refractivity contribution >= 4 is 40.6 Å². The smallest absolute Gasteiger partial charge is 0.251 e. The van der Waals surface area contributed by atoms with Crippen molar-refractivity contribution in [3.8, 4) is 5.75 Å². The number of fused-ring (bicyclic) bond motifs is 2. The third kappa shape index (κ3) is 6.95. The lowest BCUT2D eigenvalue weighted by atomic mass is 9.82. The Balaban J connectivity index is 1.39. The maximum Gasteiger partial charge on any atom is 0.251 e. The highest BCUT2D eigenvalue weighted by Gasteiger charge is 2.39. The number of amides is 2. The minimum Gasteiger partial charge on any atom is -0.492 e. The van der Waals surface area contributed by atoms with Crippen LogP contribution in [-0.2, 0) is 22.4 Å². The van der Waals surface area contributed by atoms with Crippen molar-refractivity contribution in [2.45, 2.75) is 38.3 Å². The van der Waals surface area contributed by atoms with Gasteiger partial charge in [-0.2, -0.15) is 0 Å². The van der Waals surface area contributed by atoms with Gasteiger partial charge in [-0.1, -0.05) is 83.9 Å². The van der Waals surface area contributed by atoms with E-state index in [1.165, 1.54) is 5.56 Å². The van der Waals surface area contributed by atoms with Gasteiger partial charge in [0.25, 0.3) is 5.91 Å². The lowest BCUT2D eigenvalue weighted by Gasteiger charge is -2.44. The first kappa shape index (κ1) is 29.2. The monoisotopic (exact) mass is 591 g/mol. The van der Waals surface area contributed by atoms with Crippen LogP contribution in [0.3, 0.4) is 0 Å². The molecule has 8 heteroatoms. The first-order valence-corrected chi connectivity index (χ1v) is 14.8. The van der Waals surface area contributed by atoms with Crippen LogP contribution in [0.2, 0.25) is 10.0 Å². The van der Waals surface area contributed by atoms with Crippen LogP contribution < -0.4 is 10.1 Å². The maximum absolute atomic E-state index is 14.0. The van der Waals surface area contributed by atoms with Gasteiger partial charge in [0.15, 0.2) is 0 Å². The molecule has 5 rings (SSSR count). The third-order valence-corrected chi connectivity index (χ3v) is 8.65. The Labute approximate surface area is 251 Å². The Morgan fingerprint density at radius 2 is 1.73 bits per heavy atom. The van der Waals surface area contributed by atoms with Gasteiger partial charge in [-0.05, 0) is 47.2 Å². The van der Waals surface area contributed by atoms with Crippen molar-refractivity contribution in [3.05, 3.63) is 105 Å². The second-order valence-electron chi connectivity index (χ2n) is 10.7. The van der Waals surface area contributed by atoms with Crippen LogP contribution in [0, 0.1) is 0 Å². The summed E-state index contributed by atoms with van der Waals surface area (Å²) in [6, 6.07) is 23.7. The van der Waals surface area contributed by atoms with Gasteiger partial charge in [-0.3, -0.25) is 9.59 Å². The molecule has 1 saturated heterocycles. The summed E-state index contributed by atoms with van der Waals surface area (Å²) in [5.41, 5.74) is 5.14. The molecule has 3 aromatic rings. The Bertz CT molecular complexity index is 1440. The predicted molar refractivity (Wildman–Crippen MR) is 164 cm³/mol. The highest BCUT2D eigenvalue weighted by molar-refractivity contribution is 6.42. The number of likely N-dealkylation sites (N-methyl/N-ethyl adjacent to an activating group) is 1. The normalized spacial score (nSPS) is 18.3. The van der Waals surface area contributed by atoms with Gasteiger partial charge < -0.3 is 19.9 Å². The van der Waals surface area contributed by atoms with Crippen LogP contribution in [0.1, 0.15) is 30.0 Å². The van der Waals surface area contributed by atoms with Crippen LogP contribution in [0.15, 0.2) is 78.4 Å². The molecule has 41 heavy (non-hydrogen) atoms. The molecular weight excluding hydrogens is 557 g/mol. The van der Waals surface area contributed by atoms with Crippen LogP contribution in [0.25, 0.3) is 5.57 Å². The van der Waals surface area contributed by atoms with Crippen LogP contribution >= 0.6 is 23.2 Å². The summed E-state index contributed by atoms with van der Waals surface area (Å²) in [6.45, 7) is 3.76. The summed E-state index contributed by atoms with van der Waals surface area (Å²) in [6.07, 6.45) is 2.12. The van der Waals surface area contributed by atoms with Gasteiger partial charge in [0.2, 0.25) is 5.91 Å². The fourth-order valence-electron chi connectivity index (χ4n) is 5.66. The fourth-order valence-corrected chi connectivity index (χ4v) is 6.01. The molecule has 0 radical (unpaired) electrons. The van der Waals surface area contributed by atoms with E-state index in [1.54, 1.807) is 19.1 Å². The van der Waals surface area contributed by atoms with E-state index < -0.39 is 0 Å². The number of rotatable bonds is 9. The fraction of sp³-hybridized carbons (Fsp3) is 0.333. The minimum absolute atomic E-state index is 0.00150. The molecule has 2 atom stereocenters. The number of carbonyl (C=O) groups excluding carboxylic acids is 2. The molecule has 2 amide bonds. The second kappa shape index (κ2) is 13.1. The summed E-state index contributed by atoms with van der Waals surface area (Å²) in [7, 11) is 1.86. The van der Waals surface area contributed by atoms with Gasteiger partial charge in [0.1, 0.15) is 10.8 Å². The average Bonchev–Trinajstić information content (AvgIpc) is 2.98. The average molecular weight is 593 g/mol.